The molecule has 0 aromatic heterocycles. The third-order valence-corrected chi connectivity index (χ3v) is 2.61. The van der Waals surface area contributed by atoms with E-state index in [0.29, 0.717) is 4.99 Å². The maximum Gasteiger partial charge on any atom is 0.118 e. The summed E-state index contributed by atoms with van der Waals surface area (Å²) in [6, 6.07) is 0. The lowest BCUT2D eigenvalue weighted by molar-refractivity contribution is -0.190. The Morgan fingerprint density at radius 1 is 1.12 bits per heavy atom. The van der Waals surface area contributed by atoms with Gasteiger partial charge in [-0.1, -0.05) is 17.4 Å². The summed E-state index contributed by atoms with van der Waals surface area (Å²) in [4.78, 5) is 0.646. The first kappa shape index (κ1) is 14.8. The highest BCUT2D eigenvalue weighted by Crippen LogP contribution is 2.26. The summed E-state index contributed by atoms with van der Waals surface area (Å²) in [6.07, 6.45) is 1.78. The van der Waals surface area contributed by atoms with Gasteiger partial charge in [0.1, 0.15) is 4.99 Å². The number of nitrogens with one attached hydrogen (secondary N) is 2. The first-order valence-corrected chi connectivity index (χ1v) is 6.45. The van der Waals surface area contributed by atoms with Crippen molar-refractivity contribution in [2.45, 2.75) is 52.6 Å². The van der Waals surface area contributed by atoms with E-state index in [-0.39, 0.29) is 11.1 Å². The molecule has 0 aromatic rings. The molecule has 1 aliphatic rings. The monoisotopic (exact) mass is 274 g/mol. The van der Waals surface area contributed by atoms with Crippen LogP contribution in [0.25, 0.3) is 0 Å². The molecular formula is C11H22N4S2. The summed E-state index contributed by atoms with van der Waals surface area (Å²) >= 11 is 9.50. The fourth-order valence-electron chi connectivity index (χ4n) is 2.14. The molecule has 0 radical (unpaired) electrons. The van der Waals surface area contributed by atoms with Crippen molar-refractivity contribution in [2.75, 3.05) is 0 Å². The summed E-state index contributed by atoms with van der Waals surface area (Å²) in [5.74, 6) is 0. The van der Waals surface area contributed by atoms with Gasteiger partial charge in [0.2, 0.25) is 0 Å². The predicted octanol–water partition coefficient (Wildman–Crippen LogP) is 2.22. The maximum absolute atomic E-state index is 5.18. The van der Waals surface area contributed by atoms with Crippen molar-refractivity contribution in [3.05, 3.63) is 11.1 Å². The highest BCUT2D eigenvalue weighted by atomic mass is 32.1. The smallest absolute Gasteiger partial charge is 0.118 e. The molecule has 0 unspecified atom stereocenters. The highest BCUT2D eigenvalue weighted by Gasteiger charge is 2.38. The molecule has 1 aliphatic heterocycles. The molecule has 0 amide bonds. The van der Waals surface area contributed by atoms with E-state index in [1.165, 1.54) is 0 Å². The zero-order valence-corrected chi connectivity index (χ0v) is 13.0. The molecule has 0 fully saturated rings. The Bertz CT molecular complexity index is 324. The van der Waals surface area contributed by atoms with Crippen LogP contribution in [0.4, 0.5) is 0 Å². The average molecular weight is 274 g/mol. The van der Waals surface area contributed by atoms with E-state index in [4.69, 9.17) is 12.2 Å². The van der Waals surface area contributed by atoms with Crippen LogP contribution in [0.5, 0.6) is 0 Å². The number of hydrogen-bond donors (Lipinski definition) is 3. The number of thiocarbonyl (C=S) groups is 1. The lowest BCUT2D eigenvalue weighted by atomic mass is 9.99. The molecule has 0 saturated heterocycles. The Kier molecular flexibility index (Phi) is 4.13. The highest BCUT2D eigenvalue weighted by molar-refractivity contribution is 7.84. The lowest BCUT2D eigenvalue weighted by Gasteiger charge is -2.51. The van der Waals surface area contributed by atoms with Crippen LogP contribution in [-0.4, -0.2) is 26.3 Å². The summed E-state index contributed by atoms with van der Waals surface area (Å²) < 4.78 is 0. The number of hydrogen-bond acceptors (Lipinski definition) is 5. The van der Waals surface area contributed by atoms with E-state index < -0.39 is 0 Å². The molecule has 0 aromatic carbocycles. The van der Waals surface area contributed by atoms with Crippen LogP contribution in [-0.2, 0) is 0 Å². The Hall–Kier alpha value is -0.300. The zero-order chi connectivity index (χ0) is 13.4. The normalized spacial score (nSPS) is 18.8. The maximum atomic E-state index is 5.18. The van der Waals surface area contributed by atoms with E-state index >= 15 is 0 Å². The molecule has 98 valence electrons. The fourth-order valence-corrected chi connectivity index (χ4v) is 2.65. The van der Waals surface area contributed by atoms with Crippen LogP contribution in [0.1, 0.15) is 41.5 Å². The Morgan fingerprint density at radius 2 is 1.59 bits per heavy atom. The predicted molar refractivity (Wildman–Crippen MR) is 79.1 cm³/mol. The van der Waals surface area contributed by atoms with Gasteiger partial charge in [-0.2, -0.15) is 5.01 Å². The second kappa shape index (κ2) is 4.76. The van der Waals surface area contributed by atoms with Gasteiger partial charge in [-0.3, -0.25) is 10.9 Å². The van der Waals surface area contributed by atoms with E-state index in [9.17, 15) is 0 Å². The van der Waals surface area contributed by atoms with E-state index in [0.717, 1.165) is 5.03 Å². The standard InChI is InChI=1S/C11H22N4S2/c1-10(2,3)14(11(4,5)6)15-12-8(16)7-9(17)13-15/h7,12,16H,1-6H3,(H,13,17). The number of hydrazine groups is 3. The van der Waals surface area contributed by atoms with Gasteiger partial charge in [0, 0.05) is 17.2 Å². The minimum Gasteiger partial charge on any atom is -0.281 e. The molecule has 1 heterocycles. The quantitative estimate of drug-likeness (QED) is 0.504. The summed E-state index contributed by atoms with van der Waals surface area (Å²) in [5, 5.41) is 4.73. The van der Waals surface area contributed by atoms with Crippen LogP contribution < -0.4 is 10.9 Å². The number of nitrogens with zero attached hydrogens (tertiary/aromatic N) is 2. The van der Waals surface area contributed by atoms with Crippen molar-refractivity contribution in [1.29, 1.82) is 0 Å². The van der Waals surface area contributed by atoms with Crippen LogP contribution >= 0.6 is 24.8 Å². The minimum atomic E-state index is -0.0563. The largest absolute Gasteiger partial charge is 0.281 e. The molecular weight excluding hydrogens is 252 g/mol. The molecule has 2 N–H and O–H groups in total. The van der Waals surface area contributed by atoms with Crippen molar-refractivity contribution < 1.29 is 0 Å². The lowest BCUT2D eigenvalue weighted by Crippen LogP contribution is -2.70. The third kappa shape index (κ3) is 3.84. The Morgan fingerprint density at radius 3 is 1.94 bits per heavy atom. The van der Waals surface area contributed by atoms with E-state index in [1.54, 1.807) is 6.08 Å². The fraction of sp³-hybridized carbons (Fsp3) is 0.727. The summed E-state index contributed by atoms with van der Waals surface area (Å²) in [7, 11) is 0. The van der Waals surface area contributed by atoms with Crippen molar-refractivity contribution in [2.24, 2.45) is 0 Å². The molecule has 0 saturated carbocycles. The second-order valence-electron chi connectivity index (χ2n) is 6.08. The van der Waals surface area contributed by atoms with Crippen LogP contribution in [0, 0.1) is 0 Å². The first-order valence-electron chi connectivity index (χ1n) is 5.60. The van der Waals surface area contributed by atoms with Gasteiger partial charge in [-0.05, 0) is 41.5 Å². The van der Waals surface area contributed by atoms with Gasteiger partial charge in [-0.15, -0.1) is 12.6 Å². The molecule has 0 atom stereocenters. The minimum absolute atomic E-state index is 0.0563. The van der Waals surface area contributed by atoms with Gasteiger partial charge >= 0.3 is 0 Å². The van der Waals surface area contributed by atoms with Crippen LogP contribution in [0.3, 0.4) is 0 Å². The van der Waals surface area contributed by atoms with Crippen molar-refractivity contribution >= 4 is 29.8 Å². The van der Waals surface area contributed by atoms with Crippen LogP contribution in [0.15, 0.2) is 11.1 Å². The van der Waals surface area contributed by atoms with E-state index in [1.807, 2.05) is 5.23 Å². The number of thiol groups is 1. The first-order chi connectivity index (χ1) is 7.51. The molecule has 0 aliphatic carbocycles. The van der Waals surface area contributed by atoms with Crippen molar-refractivity contribution in [3.63, 3.8) is 0 Å². The Balaban J connectivity index is 3.02. The van der Waals surface area contributed by atoms with Crippen LogP contribution in [0.2, 0.25) is 0 Å². The van der Waals surface area contributed by atoms with E-state index in [2.05, 4.69) is 70.0 Å². The van der Waals surface area contributed by atoms with Gasteiger partial charge in [-0.25, -0.2) is 0 Å². The summed E-state index contributed by atoms with van der Waals surface area (Å²) in [5.41, 5.74) is 6.15. The second-order valence-corrected chi connectivity index (χ2v) is 7.00. The van der Waals surface area contributed by atoms with Gasteiger partial charge in [0.05, 0.1) is 5.03 Å². The van der Waals surface area contributed by atoms with Gasteiger partial charge < -0.3 is 0 Å². The zero-order valence-electron chi connectivity index (χ0n) is 11.3. The van der Waals surface area contributed by atoms with Gasteiger partial charge in [0.15, 0.2) is 0 Å². The molecule has 4 nitrogen and oxygen atoms in total. The molecule has 0 bridgehead atoms. The van der Waals surface area contributed by atoms with Gasteiger partial charge in [0.25, 0.3) is 0 Å². The Labute approximate surface area is 115 Å². The topological polar surface area (TPSA) is 30.5 Å². The SMILES string of the molecule is CC(C)(C)N(N1NC(=S)C=C(S)N1)C(C)(C)C. The molecule has 0 spiro atoms. The third-order valence-electron chi connectivity index (χ3n) is 2.18. The summed E-state index contributed by atoms with van der Waals surface area (Å²) in [6.45, 7) is 12.9. The average Bonchev–Trinajstić information content (AvgIpc) is 1.93. The van der Waals surface area contributed by atoms with Crippen molar-refractivity contribution in [1.82, 2.24) is 21.1 Å². The molecule has 1 rings (SSSR count). The molecule has 6 heteroatoms. The molecule has 17 heavy (non-hydrogen) atoms. The van der Waals surface area contributed by atoms with Crippen molar-refractivity contribution in [3.8, 4) is 0 Å². The number of rotatable bonds is 1.